The second kappa shape index (κ2) is 11.1. The topological polar surface area (TPSA) is 143 Å². The van der Waals surface area contributed by atoms with Crippen molar-refractivity contribution in [1.29, 1.82) is 0 Å². The zero-order chi connectivity index (χ0) is 29.3. The summed E-state index contributed by atoms with van der Waals surface area (Å²) in [5.41, 5.74) is 3.14. The standard InChI is InChI=1S/C28H29N5O7S/c1-31(2)12-13-32(41(3,37)38)20-7-5-19(6-8-20)29-27(18-4-11-24-25(16-18)40-15-14-39-24)26-22-10-9-21(33(35)36)17-23(22)30-28(26)34/h4-11,16-17,29H,12-15H2,1-3H3,(H,30,34). The van der Waals surface area contributed by atoms with Crippen LogP contribution in [0.5, 0.6) is 11.5 Å². The monoisotopic (exact) mass is 579 g/mol. The minimum atomic E-state index is -3.51. The van der Waals surface area contributed by atoms with Crippen molar-refractivity contribution in [1.82, 2.24) is 4.90 Å². The highest BCUT2D eigenvalue weighted by atomic mass is 32.2. The number of nitro groups is 1. The van der Waals surface area contributed by atoms with Crippen molar-refractivity contribution in [2.75, 3.05) is 61.6 Å². The second-order valence-corrected chi connectivity index (χ2v) is 11.8. The zero-order valence-electron chi connectivity index (χ0n) is 22.7. The minimum Gasteiger partial charge on any atom is -0.486 e. The van der Waals surface area contributed by atoms with E-state index in [-0.39, 0.29) is 12.2 Å². The Morgan fingerprint density at radius 3 is 2.37 bits per heavy atom. The molecule has 2 N–H and O–H groups in total. The van der Waals surface area contributed by atoms with E-state index in [0.29, 0.717) is 70.7 Å². The van der Waals surface area contributed by atoms with Gasteiger partial charge in [0, 0.05) is 42.0 Å². The molecule has 3 aromatic carbocycles. The number of sulfonamides is 1. The molecule has 0 unspecified atom stereocenters. The van der Waals surface area contributed by atoms with Crippen molar-refractivity contribution >= 4 is 50.0 Å². The van der Waals surface area contributed by atoms with E-state index in [1.165, 1.54) is 28.8 Å². The van der Waals surface area contributed by atoms with E-state index in [1.807, 2.05) is 19.0 Å². The van der Waals surface area contributed by atoms with Crippen molar-refractivity contribution in [2.24, 2.45) is 0 Å². The van der Waals surface area contributed by atoms with Gasteiger partial charge in [-0.1, -0.05) is 0 Å². The first-order valence-corrected chi connectivity index (χ1v) is 14.6. The average Bonchev–Trinajstić information content (AvgIpc) is 3.26. The lowest BCUT2D eigenvalue weighted by Crippen LogP contribution is -2.35. The Kier molecular flexibility index (Phi) is 7.56. The molecular weight excluding hydrogens is 550 g/mol. The molecule has 13 heteroatoms. The van der Waals surface area contributed by atoms with Crippen LogP contribution in [0.2, 0.25) is 0 Å². The lowest BCUT2D eigenvalue weighted by molar-refractivity contribution is -0.384. The molecule has 2 aliphatic heterocycles. The molecule has 0 atom stereocenters. The van der Waals surface area contributed by atoms with E-state index in [1.54, 1.807) is 42.5 Å². The SMILES string of the molecule is CN(C)CCN(c1ccc(NC(=C2C(=O)Nc3cc([N+](=O)[O-])ccc32)c2ccc3c(c2)OCCO3)cc1)S(C)(=O)=O. The summed E-state index contributed by atoms with van der Waals surface area (Å²) in [6, 6.07) is 16.4. The molecule has 0 aromatic heterocycles. The fourth-order valence-electron chi connectivity index (χ4n) is 4.63. The van der Waals surface area contributed by atoms with Gasteiger partial charge in [-0.05, 0) is 62.6 Å². The number of non-ortho nitro benzene ring substituents is 1. The van der Waals surface area contributed by atoms with Crippen LogP contribution < -0.4 is 24.4 Å². The summed E-state index contributed by atoms with van der Waals surface area (Å²) in [5, 5.41) is 17.4. The number of likely N-dealkylation sites (N-methyl/N-ethyl adjacent to an activating group) is 1. The van der Waals surface area contributed by atoms with Gasteiger partial charge >= 0.3 is 0 Å². The van der Waals surface area contributed by atoms with E-state index in [9.17, 15) is 23.3 Å². The van der Waals surface area contributed by atoms with E-state index < -0.39 is 20.9 Å². The van der Waals surface area contributed by atoms with E-state index in [0.717, 1.165) is 0 Å². The number of ether oxygens (including phenoxy) is 2. The van der Waals surface area contributed by atoms with Crippen LogP contribution in [-0.2, 0) is 14.8 Å². The molecule has 0 bridgehead atoms. The summed E-state index contributed by atoms with van der Waals surface area (Å²) in [7, 11) is 0.227. The van der Waals surface area contributed by atoms with Crippen LogP contribution in [0.3, 0.4) is 0 Å². The first-order valence-electron chi connectivity index (χ1n) is 12.8. The lowest BCUT2D eigenvalue weighted by atomic mass is 9.99. The number of carbonyl (C=O) groups excluding carboxylic acids is 1. The number of anilines is 3. The normalized spacial score (nSPS) is 15.3. The van der Waals surface area contributed by atoms with Crippen molar-refractivity contribution in [3.05, 3.63) is 81.9 Å². The molecule has 0 radical (unpaired) electrons. The summed E-state index contributed by atoms with van der Waals surface area (Å²) in [6.07, 6.45) is 1.17. The molecule has 0 saturated carbocycles. The third-order valence-electron chi connectivity index (χ3n) is 6.61. The van der Waals surface area contributed by atoms with Crippen molar-refractivity contribution in [3.63, 3.8) is 0 Å². The number of nitrogens with one attached hydrogen (secondary N) is 2. The number of hydrogen-bond acceptors (Lipinski definition) is 9. The van der Waals surface area contributed by atoms with Crippen LogP contribution in [0.15, 0.2) is 60.7 Å². The third-order valence-corrected chi connectivity index (χ3v) is 7.81. The summed E-state index contributed by atoms with van der Waals surface area (Å²) in [5.74, 6) is 0.677. The fraction of sp³-hybridized carbons (Fsp3) is 0.250. The van der Waals surface area contributed by atoms with Crippen LogP contribution in [0.4, 0.5) is 22.7 Å². The number of fused-ring (bicyclic) bond motifs is 2. The van der Waals surface area contributed by atoms with Crippen LogP contribution in [-0.4, -0.2) is 70.8 Å². The number of amides is 1. The number of rotatable bonds is 9. The van der Waals surface area contributed by atoms with Gasteiger partial charge in [-0.25, -0.2) is 8.42 Å². The molecule has 2 heterocycles. The number of nitrogens with zero attached hydrogens (tertiary/aromatic N) is 3. The molecule has 0 fully saturated rings. The average molecular weight is 580 g/mol. The molecule has 0 saturated heterocycles. The van der Waals surface area contributed by atoms with Crippen LogP contribution in [0, 0.1) is 10.1 Å². The molecule has 1 amide bonds. The molecule has 41 heavy (non-hydrogen) atoms. The molecule has 0 spiro atoms. The van der Waals surface area contributed by atoms with Gasteiger partial charge in [-0.3, -0.25) is 19.2 Å². The Bertz CT molecular complexity index is 1650. The lowest BCUT2D eigenvalue weighted by Gasteiger charge is -2.24. The molecule has 12 nitrogen and oxygen atoms in total. The highest BCUT2D eigenvalue weighted by molar-refractivity contribution is 7.92. The number of carbonyl (C=O) groups is 1. The zero-order valence-corrected chi connectivity index (χ0v) is 23.5. The molecule has 3 aromatic rings. The Morgan fingerprint density at radius 2 is 1.71 bits per heavy atom. The molecule has 2 aliphatic rings. The quantitative estimate of drug-likeness (QED) is 0.221. The highest BCUT2D eigenvalue weighted by Gasteiger charge is 2.30. The fourth-order valence-corrected chi connectivity index (χ4v) is 5.55. The predicted molar refractivity (Wildman–Crippen MR) is 157 cm³/mol. The minimum absolute atomic E-state index is 0.139. The van der Waals surface area contributed by atoms with Gasteiger partial charge in [-0.2, -0.15) is 0 Å². The first-order chi connectivity index (χ1) is 19.5. The maximum Gasteiger partial charge on any atom is 0.271 e. The highest BCUT2D eigenvalue weighted by Crippen LogP contribution is 2.41. The second-order valence-electron chi connectivity index (χ2n) is 9.86. The summed E-state index contributed by atoms with van der Waals surface area (Å²) < 4.78 is 37.7. The van der Waals surface area contributed by atoms with Gasteiger partial charge in [0.15, 0.2) is 11.5 Å². The van der Waals surface area contributed by atoms with E-state index in [2.05, 4.69) is 10.6 Å². The Balaban J connectivity index is 1.57. The molecule has 214 valence electrons. The van der Waals surface area contributed by atoms with E-state index >= 15 is 0 Å². The third kappa shape index (κ3) is 5.95. The van der Waals surface area contributed by atoms with Gasteiger partial charge in [0.05, 0.1) is 33.8 Å². The van der Waals surface area contributed by atoms with Gasteiger partial charge < -0.3 is 25.0 Å². The van der Waals surface area contributed by atoms with E-state index in [4.69, 9.17) is 9.47 Å². The van der Waals surface area contributed by atoms with Crippen LogP contribution >= 0.6 is 0 Å². The Morgan fingerprint density at radius 1 is 1.00 bits per heavy atom. The predicted octanol–water partition coefficient (Wildman–Crippen LogP) is 3.63. The smallest absolute Gasteiger partial charge is 0.271 e. The van der Waals surface area contributed by atoms with Gasteiger partial charge in [0.1, 0.15) is 13.2 Å². The molecular formula is C28H29N5O7S. The molecule has 0 aliphatic carbocycles. The van der Waals surface area contributed by atoms with Gasteiger partial charge in [0.25, 0.3) is 11.6 Å². The number of benzene rings is 3. The summed E-state index contributed by atoms with van der Waals surface area (Å²) >= 11 is 0. The maximum atomic E-state index is 13.3. The van der Waals surface area contributed by atoms with Crippen LogP contribution in [0.1, 0.15) is 11.1 Å². The van der Waals surface area contributed by atoms with Crippen molar-refractivity contribution in [2.45, 2.75) is 0 Å². The molecule has 5 rings (SSSR count). The maximum absolute atomic E-state index is 13.3. The number of nitro benzene ring substituents is 1. The first kappa shape index (κ1) is 27.9. The Labute approximate surface area is 237 Å². The summed E-state index contributed by atoms with van der Waals surface area (Å²) in [6.45, 7) is 1.64. The number of hydrogen-bond donors (Lipinski definition) is 2. The van der Waals surface area contributed by atoms with Crippen molar-refractivity contribution < 1.29 is 27.6 Å². The van der Waals surface area contributed by atoms with Gasteiger partial charge in [0.2, 0.25) is 10.0 Å². The Hall–Kier alpha value is -4.62. The van der Waals surface area contributed by atoms with Crippen LogP contribution in [0.25, 0.3) is 11.3 Å². The van der Waals surface area contributed by atoms with Gasteiger partial charge in [-0.15, -0.1) is 0 Å². The van der Waals surface area contributed by atoms with Crippen molar-refractivity contribution in [3.8, 4) is 11.5 Å². The largest absolute Gasteiger partial charge is 0.486 e. The summed E-state index contributed by atoms with van der Waals surface area (Å²) in [4.78, 5) is 26.0.